The van der Waals surface area contributed by atoms with Crippen molar-refractivity contribution in [2.24, 2.45) is 0 Å². The van der Waals surface area contributed by atoms with Crippen LogP contribution in [-0.2, 0) is 24.5 Å². The molecule has 11 heteroatoms. The fourth-order valence-corrected chi connectivity index (χ4v) is 5.15. The molecule has 0 radical (unpaired) electrons. The maximum Gasteiger partial charge on any atom is 0.217 e. The van der Waals surface area contributed by atoms with Gasteiger partial charge in [-0.25, -0.2) is 8.78 Å². The number of methoxy groups -OCH3 is 2. The molecular formula is C27H23ClF3N3O3S. The maximum atomic E-state index is 15.3. The summed E-state index contributed by atoms with van der Waals surface area (Å²) in [5, 5.41) is 2.97. The van der Waals surface area contributed by atoms with Crippen molar-refractivity contribution in [2.75, 3.05) is 23.8 Å². The van der Waals surface area contributed by atoms with Crippen molar-refractivity contribution >= 4 is 34.5 Å². The lowest BCUT2D eigenvalue weighted by molar-refractivity contribution is 0.391. The van der Waals surface area contributed by atoms with Gasteiger partial charge in [-0.1, -0.05) is 35.9 Å². The first-order chi connectivity index (χ1) is 18.3. The molecule has 1 aromatic heterocycles. The van der Waals surface area contributed by atoms with E-state index in [2.05, 4.69) is 10.3 Å². The molecule has 0 bridgehead atoms. The minimum absolute atomic E-state index is 0.0125. The van der Waals surface area contributed by atoms with Crippen LogP contribution in [0.1, 0.15) is 11.1 Å². The zero-order valence-corrected chi connectivity index (χ0v) is 22.0. The number of aromatic nitrogens is 1. The van der Waals surface area contributed by atoms with E-state index >= 15 is 4.39 Å². The summed E-state index contributed by atoms with van der Waals surface area (Å²) in [5.41, 5.74) is 1.14. The molecule has 0 aliphatic heterocycles. The lowest BCUT2D eigenvalue weighted by Gasteiger charge is -2.26. The summed E-state index contributed by atoms with van der Waals surface area (Å²) in [5.74, 6) is -1.06. The minimum Gasteiger partial charge on any atom is -0.588 e. The number of halogens is 4. The van der Waals surface area contributed by atoms with Crippen LogP contribution in [0, 0.1) is 17.6 Å². The van der Waals surface area contributed by atoms with Crippen LogP contribution in [-0.4, -0.2) is 23.8 Å². The molecule has 0 saturated heterocycles. The molecule has 3 aromatic carbocycles. The monoisotopic (exact) mass is 561 g/mol. The lowest BCUT2D eigenvalue weighted by Crippen LogP contribution is -2.32. The van der Waals surface area contributed by atoms with Crippen LogP contribution in [0.3, 0.4) is 0 Å². The zero-order chi connectivity index (χ0) is 27.2. The Morgan fingerprint density at radius 1 is 0.921 bits per heavy atom. The zero-order valence-electron chi connectivity index (χ0n) is 20.4. The molecule has 6 nitrogen and oxygen atoms in total. The Labute approximate surface area is 226 Å². The van der Waals surface area contributed by atoms with Gasteiger partial charge >= 0.3 is 0 Å². The number of rotatable bonds is 10. The molecular weight excluding hydrogens is 539 g/mol. The molecule has 1 N–H and O–H groups in total. The Bertz CT molecular complexity index is 1430. The van der Waals surface area contributed by atoms with Gasteiger partial charge < -0.3 is 19.3 Å². The summed E-state index contributed by atoms with van der Waals surface area (Å²) >= 11 is 4.18. The van der Waals surface area contributed by atoms with E-state index in [9.17, 15) is 13.3 Å². The number of ether oxygens (including phenoxy) is 2. The molecule has 0 amide bonds. The van der Waals surface area contributed by atoms with Crippen LogP contribution >= 0.6 is 11.6 Å². The van der Waals surface area contributed by atoms with Gasteiger partial charge in [0.25, 0.3) is 0 Å². The molecule has 1 atom stereocenters. The molecule has 0 spiro atoms. The lowest BCUT2D eigenvalue weighted by atomic mass is 10.2. The van der Waals surface area contributed by atoms with Gasteiger partial charge in [-0.2, -0.15) is 13.7 Å². The van der Waals surface area contributed by atoms with Crippen molar-refractivity contribution < 1.29 is 27.2 Å². The highest BCUT2D eigenvalue weighted by atomic mass is 35.5. The number of nitrogens with one attached hydrogen (secondary N) is 1. The van der Waals surface area contributed by atoms with Crippen molar-refractivity contribution in [1.82, 2.24) is 4.98 Å². The van der Waals surface area contributed by atoms with E-state index in [-0.39, 0.29) is 34.5 Å². The number of benzene rings is 3. The molecule has 38 heavy (non-hydrogen) atoms. The Kier molecular flexibility index (Phi) is 8.88. The van der Waals surface area contributed by atoms with Crippen molar-refractivity contribution in [1.29, 1.82) is 0 Å². The van der Waals surface area contributed by atoms with Gasteiger partial charge in [-0.3, -0.25) is 0 Å². The fraction of sp³-hybridized carbons (Fsp3) is 0.148. The highest BCUT2D eigenvalue weighted by Gasteiger charge is 2.30. The Morgan fingerprint density at radius 2 is 1.71 bits per heavy atom. The second kappa shape index (κ2) is 12.3. The predicted octanol–water partition coefficient (Wildman–Crippen LogP) is 6.51. The predicted molar refractivity (Wildman–Crippen MR) is 141 cm³/mol. The van der Waals surface area contributed by atoms with E-state index in [1.54, 1.807) is 36.4 Å². The van der Waals surface area contributed by atoms with E-state index in [0.29, 0.717) is 22.6 Å². The van der Waals surface area contributed by atoms with E-state index in [0.717, 1.165) is 12.1 Å². The van der Waals surface area contributed by atoms with Gasteiger partial charge in [0.05, 0.1) is 31.5 Å². The SMILES string of the molecule is COc1ccc(CN(c2cccc(F)n2)[S+]([O-])c2cc(Cl)c(NCc3ccccc3F)cc2F)c(OC)c1. The standard InChI is InChI=1S/C27H23ClF3N3O3S/c1-36-19-11-10-18(24(12-19)37-2)16-34(27-9-5-8-26(31)33-27)38(35)25-13-20(28)23(14-22(25)30)32-15-17-6-3-4-7-21(17)29/h3-14,32H,15-16H2,1-2H3. The third-order valence-corrected chi connectivity index (χ3v) is 7.32. The quantitative estimate of drug-likeness (QED) is 0.176. The van der Waals surface area contributed by atoms with Crippen molar-refractivity contribution in [3.8, 4) is 11.5 Å². The summed E-state index contributed by atoms with van der Waals surface area (Å²) in [6.45, 7) is -0.00848. The first-order valence-electron chi connectivity index (χ1n) is 11.3. The van der Waals surface area contributed by atoms with E-state index in [4.69, 9.17) is 21.1 Å². The Hall–Kier alpha value is -3.60. The molecule has 0 fully saturated rings. The topological polar surface area (TPSA) is 69.7 Å². The van der Waals surface area contributed by atoms with Gasteiger partial charge in [0.2, 0.25) is 10.8 Å². The van der Waals surface area contributed by atoms with Gasteiger partial charge in [0, 0.05) is 35.9 Å². The number of nitrogens with zero attached hydrogens (tertiary/aromatic N) is 2. The van der Waals surface area contributed by atoms with Crippen molar-refractivity contribution in [3.05, 3.63) is 107 Å². The number of anilines is 2. The largest absolute Gasteiger partial charge is 0.588 e. The Balaban J connectivity index is 1.66. The van der Waals surface area contributed by atoms with Gasteiger partial charge in [0.15, 0.2) is 11.6 Å². The minimum atomic E-state index is -2.20. The van der Waals surface area contributed by atoms with Crippen LogP contribution < -0.4 is 19.1 Å². The first-order valence-corrected chi connectivity index (χ1v) is 12.8. The van der Waals surface area contributed by atoms with Crippen LogP contribution in [0.4, 0.5) is 24.7 Å². The summed E-state index contributed by atoms with van der Waals surface area (Å²) in [7, 11) is 2.97. The van der Waals surface area contributed by atoms with E-state index < -0.39 is 28.9 Å². The average Bonchev–Trinajstić information content (AvgIpc) is 2.92. The third-order valence-electron chi connectivity index (χ3n) is 5.60. The van der Waals surface area contributed by atoms with Crippen LogP contribution in [0.25, 0.3) is 0 Å². The second-order valence-electron chi connectivity index (χ2n) is 7.99. The maximum absolute atomic E-state index is 15.3. The second-order valence-corrected chi connectivity index (χ2v) is 9.78. The smallest absolute Gasteiger partial charge is 0.217 e. The van der Waals surface area contributed by atoms with Gasteiger partial charge in [-0.15, -0.1) is 0 Å². The molecule has 1 heterocycles. The van der Waals surface area contributed by atoms with Crippen LogP contribution in [0.15, 0.2) is 77.7 Å². The summed E-state index contributed by atoms with van der Waals surface area (Å²) in [4.78, 5) is 3.60. The van der Waals surface area contributed by atoms with Crippen LogP contribution in [0.5, 0.6) is 11.5 Å². The molecule has 0 aliphatic rings. The first kappa shape index (κ1) is 27.4. The summed E-state index contributed by atoms with van der Waals surface area (Å²) < 4.78 is 68.9. The van der Waals surface area contributed by atoms with Gasteiger partial charge in [0.1, 0.15) is 28.7 Å². The number of hydrogen-bond acceptors (Lipinski definition) is 6. The Morgan fingerprint density at radius 3 is 2.42 bits per heavy atom. The normalized spacial score (nSPS) is 11.7. The fourth-order valence-electron chi connectivity index (χ4n) is 3.65. The highest BCUT2D eigenvalue weighted by Crippen LogP contribution is 2.34. The third kappa shape index (κ3) is 6.27. The summed E-state index contributed by atoms with van der Waals surface area (Å²) in [6, 6.07) is 17.5. The van der Waals surface area contributed by atoms with Crippen molar-refractivity contribution in [3.63, 3.8) is 0 Å². The molecule has 4 aromatic rings. The molecule has 0 aliphatic carbocycles. The summed E-state index contributed by atoms with van der Waals surface area (Å²) in [6.07, 6.45) is 0. The van der Waals surface area contributed by atoms with Gasteiger partial charge in [-0.05, 0) is 30.3 Å². The van der Waals surface area contributed by atoms with Crippen LogP contribution in [0.2, 0.25) is 5.02 Å². The molecule has 1 unspecified atom stereocenters. The van der Waals surface area contributed by atoms with Crippen molar-refractivity contribution in [2.45, 2.75) is 18.0 Å². The number of hydrogen-bond donors (Lipinski definition) is 1. The van der Waals surface area contributed by atoms with E-state index in [1.165, 1.54) is 42.8 Å². The molecule has 4 rings (SSSR count). The molecule has 198 valence electrons. The number of pyridine rings is 1. The average molecular weight is 562 g/mol. The molecule has 0 saturated carbocycles. The highest BCUT2D eigenvalue weighted by molar-refractivity contribution is 7.92. The van der Waals surface area contributed by atoms with E-state index in [1.807, 2.05) is 0 Å².